The first kappa shape index (κ1) is 11.9. The molecule has 0 fully saturated rings. The van der Waals surface area contributed by atoms with Gasteiger partial charge in [-0.1, -0.05) is 18.2 Å². The van der Waals surface area contributed by atoms with Gasteiger partial charge in [-0.25, -0.2) is 0 Å². The van der Waals surface area contributed by atoms with E-state index >= 15 is 0 Å². The first-order valence-corrected chi connectivity index (χ1v) is 5.85. The molecule has 0 bridgehead atoms. The molecule has 0 saturated heterocycles. The third-order valence-corrected chi connectivity index (χ3v) is 3.02. The van der Waals surface area contributed by atoms with Crippen LogP contribution in [0.2, 0.25) is 0 Å². The maximum absolute atomic E-state index is 12.2. The van der Waals surface area contributed by atoms with Gasteiger partial charge in [-0.3, -0.25) is 4.79 Å². The van der Waals surface area contributed by atoms with Crippen molar-refractivity contribution < 1.29 is 4.74 Å². The first-order chi connectivity index (χ1) is 8.15. The van der Waals surface area contributed by atoms with Crippen molar-refractivity contribution in [1.82, 2.24) is 4.57 Å². The molecule has 2 rings (SSSR count). The predicted molar refractivity (Wildman–Crippen MR) is 69.2 cm³/mol. The average Bonchev–Trinajstić information content (AvgIpc) is 2.34. The fourth-order valence-electron chi connectivity index (χ4n) is 2.08. The number of ether oxygens (including phenoxy) is 1. The van der Waals surface area contributed by atoms with Crippen LogP contribution in [0.15, 0.2) is 35.1 Å². The highest BCUT2D eigenvalue weighted by Crippen LogP contribution is 2.18. The fourth-order valence-corrected chi connectivity index (χ4v) is 2.08. The van der Waals surface area contributed by atoms with Crippen LogP contribution in [0.5, 0.6) is 0 Å². The van der Waals surface area contributed by atoms with Crippen LogP contribution in [-0.4, -0.2) is 11.2 Å². The number of para-hydroxylation sites is 1. The average molecular weight is 231 g/mol. The molecule has 3 heteroatoms. The number of fused-ring (bicyclic) bond motifs is 1. The number of pyridine rings is 1. The Labute approximate surface area is 101 Å². The molecule has 0 N–H and O–H groups in total. The highest BCUT2D eigenvalue weighted by molar-refractivity contribution is 5.79. The molecule has 0 aliphatic rings. The highest BCUT2D eigenvalue weighted by Gasteiger charge is 2.12. The van der Waals surface area contributed by atoms with Gasteiger partial charge in [0.25, 0.3) is 5.56 Å². The van der Waals surface area contributed by atoms with Crippen LogP contribution in [0, 0.1) is 0 Å². The second-order valence-electron chi connectivity index (χ2n) is 4.12. The molecule has 0 aliphatic carbocycles. The van der Waals surface area contributed by atoms with Gasteiger partial charge in [0.05, 0.1) is 11.6 Å². The van der Waals surface area contributed by atoms with Crippen molar-refractivity contribution in [2.24, 2.45) is 7.05 Å². The van der Waals surface area contributed by atoms with Gasteiger partial charge in [-0.05, 0) is 31.4 Å². The van der Waals surface area contributed by atoms with E-state index in [0.29, 0.717) is 12.2 Å². The van der Waals surface area contributed by atoms with Gasteiger partial charge in [-0.2, -0.15) is 0 Å². The summed E-state index contributed by atoms with van der Waals surface area (Å²) in [5.74, 6) is 0. The summed E-state index contributed by atoms with van der Waals surface area (Å²) < 4.78 is 7.18. The maximum Gasteiger partial charge on any atom is 0.256 e. The molecule has 1 aromatic heterocycles. The quantitative estimate of drug-likeness (QED) is 0.813. The number of hydrogen-bond acceptors (Lipinski definition) is 2. The number of aryl methyl sites for hydroxylation is 1. The minimum absolute atomic E-state index is 0.0182. The molecule has 3 nitrogen and oxygen atoms in total. The van der Waals surface area contributed by atoms with Gasteiger partial charge in [0.1, 0.15) is 0 Å². The Morgan fingerprint density at radius 3 is 2.76 bits per heavy atom. The Morgan fingerprint density at radius 2 is 2.06 bits per heavy atom. The molecule has 0 aliphatic heterocycles. The Balaban J connectivity index is 2.66. The van der Waals surface area contributed by atoms with Crippen molar-refractivity contribution in [3.05, 3.63) is 46.2 Å². The van der Waals surface area contributed by atoms with Crippen LogP contribution in [0.1, 0.15) is 25.5 Å². The number of aromatic nitrogens is 1. The summed E-state index contributed by atoms with van der Waals surface area (Å²) in [5, 5.41) is 1.07. The van der Waals surface area contributed by atoms with E-state index in [4.69, 9.17) is 4.74 Å². The molecule has 90 valence electrons. The number of benzene rings is 1. The van der Waals surface area contributed by atoms with Crippen LogP contribution in [0.4, 0.5) is 0 Å². The van der Waals surface area contributed by atoms with Crippen LogP contribution < -0.4 is 5.56 Å². The van der Waals surface area contributed by atoms with E-state index in [-0.39, 0.29) is 11.7 Å². The zero-order valence-corrected chi connectivity index (χ0v) is 10.4. The standard InChI is InChI=1S/C14H17NO2/c1-4-17-10(2)12-9-11-7-5-6-8-13(11)15(3)14(12)16/h5-10H,4H2,1-3H3. The fraction of sp³-hybridized carbons (Fsp3) is 0.357. The van der Waals surface area contributed by atoms with Crippen molar-refractivity contribution >= 4 is 10.9 Å². The SMILES string of the molecule is CCOC(C)c1cc2ccccc2n(C)c1=O. The van der Waals surface area contributed by atoms with Gasteiger partial charge >= 0.3 is 0 Å². The first-order valence-electron chi connectivity index (χ1n) is 5.85. The van der Waals surface area contributed by atoms with Gasteiger partial charge in [0.2, 0.25) is 0 Å². The third-order valence-electron chi connectivity index (χ3n) is 3.02. The normalized spacial score (nSPS) is 12.9. The maximum atomic E-state index is 12.2. The lowest BCUT2D eigenvalue weighted by Crippen LogP contribution is -2.23. The van der Waals surface area contributed by atoms with Crippen molar-refractivity contribution in [3.8, 4) is 0 Å². The summed E-state index contributed by atoms with van der Waals surface area (Å²) in [5.41, 5.74) is 1.68. The van der Waals surface area contributed by atoms with Gasteiger partial charge in [0, 0.05) is 19.2 Å². The van der Waals surface area contributed by atoms with E-state index in [2.05, 4.69) is 0 Å². The molecule has 1 unspecified atom stereocenters. The Bertz CT molecular complexity index is 586. The lowest BCUT2D eigenvalue weighted by Gasteiger charge is -2.14. The van der Waals surface area contributed by atoms with Crippen LogP contribution >= 0.6 is 0 Å². The molecular formula is C14H17NO2. The van der Waals surface area contributed by atoms with Crippen molar-refractivity contribution in [2.75, 3.05) is 6.61 Å². The minimum atomic E-state index is -0.164. The zero-order chi connectivity index (χ0) is 12.4. The molecule has 1 aromatic carbocycles. The lowest BCUT2D eigenvalue weighted by molar-refractivity contribution is 0.0753. The number of nitrogens with zero attached hydrogens (tertiary/aromatic N) is 1. The smallest absolute Gasteiger partial charge is 0.256 e. The summed E-state index contributed by atoms with van der Waals surface area (Å²) >= 11 is 0. The Morgan fingerprint density at radius 1 is 1.35 bits per heavy atom. The van der Waals surface area contributed by atoms with Crippen LogP contribution in [-0.2, 0) is 11.8 Å². The Hall–Kier alpha value is -1.61. The van der Waals surface area contributed by atoms with Gasteiger partial charge in [-0.15, -0.1) is 0 Å². The van der Waals surface area contributed by atoms with Crippen molar-refractivity contribution in [3.63, 3.8) is 0 Å². The van der Waals surface area contributed by atoms with E-state index in [1.807, 2.05) is 44.2 Å². The van der Waals surface area contributed by atoms with Crippen LogP contribution in [0.3, 0.4) is 0 Å². The third kappa shape index (κ3) is 2.11. The van der Waals surface area contributed by atoms with E-state index in [0.717, 1.165) is 10.9 Å². The summed E-state index contributed by atoms with van der Waals surface area (Å²) in [6.07, 6.45) is -0.164. The summed E-state index contributed by atoms with van der Waals surface area (Å²) in [4.78, 5) is 12.2. The molecule has 1 atom stereocenters. The highest BCUT2D eigenvalue weighted by atomic mass is 16.5. The molecule has 0 amide bonds. The lowest BCUT2D eigenvalue weighted by atomic mass is 10.1. The summed E-state index contributed by atoms with van der Waals surface area (Å²) in [6, 6.07) is 9.80. The molecule has 2 aromatic rings. The van der Waals surface area contributed by atoms with E-state index in [1.165, 1.54) is 0 Å². The number of hydrogen-bond donors (Lipinski definition) is 0. The summed E-state index contributed by atoms with van der Waals surface area (Å²) in [6.45, 7) is 4.45. The second kappa shape index (κ2) is 4.72. The van der Waals surface area contributed by atoms with Crippen molar-refractivity contribution in [2.45, 2.75) is 20.0 Å². The summed E-state index contributed by atoms with van der Waals surface area (Å²) in [7, 11) is 1.80. The second-order valence-corrected chi connectivity index (χ2v) is 4.12. The largest absolute Gasteiger partial charge is 0.374 e. The molecule has 0 spiro atoms. The van der Waals surface area contributed by atoms with Gasteiger partial charge in [0.15, 0.2) is 0 Å². The molecule has 17 heavy (non-hydrogen) atoms. The molecule has 1 heterocycles. The van der Waals surface area contributed by atoms with E-state index in [1.54, 1.807) is 11.6 Å². The predicted octanol–water partition coefficient (Wildman–Crippen LogP) is 2.64. The minimum Gasteiger partial charge on any atom is -0.374 e. The van der Waals surface area contributed by atoms with Crippen molar-refractivity contribution in [1.29, 1.82) is 0 Å². The topological polar surface area (TPSA) is 31.2 Å². The molecule has 0 radical (unpaired) electrons. The molecule has 0 saturated carbocycles. The zero-order valence-electron chi connectivity index (χ0n) is 10.4. The van der Waals surface area contributed by atoms with E-state index in [9.17, 15) is 4.79 Å². The number of rotatable bonds is 3. The van der Waals surface area contributed by atoms with Crippen LogP contribution in [0.25, 0.3) is 10.9 Å². The Kier molecular flexibility index (Phi) is 3.29. The van der Waals surface area contributed by atoms with E-state index < -0.39 is 0 Å². The molecular weight excluding hydrogens is 214 g/mol. The monoisotopic (exact) mass is 231 g/mol. The van der Waals surface area contributed by atoms with Gasteiger partial charge < -0.3 is 9.30 Å².